The third-order valence-corrected chi connectivity index (χ3v) is 4.51. The van der Waals surface area contributed by atoms with Gasteiger partial charge < -0.3 is 10.6 Å². The minimum atomic E-state index is 0. The van der Waals surface area contributed by atoms with E-state index < -0.39 is 0 Å². The van der Waals surface area contributed by atoms with Gasteiger partial charge in [-0.1, -0.05) is 37.1 Å². The van der Waals surface area contributed by atoms with Crippen molar-refractivity contribution in [3.8, 4) is 0 Å². The number of hydrogen-bond donors (Lipinski definition) is 2. The van der Waals surface area contributed by atoms with Gasteiger partial charge in [0.15, 0.2) is 11.6 Å². The van der Waals surface area contributed by atoms with Crippen molar-refractivity contribution in [2.45, 2.75) is 37.8 Å². The number of carbonyl (C=O) groups is 2. The average molecular weight is 381 g/mol. The van der Waals surface area contributed by atoms with Crippen LogP contribution in [0, 0.1) is 0 Å². The summed E-state index contributed by atoms with van der Waals surface area (Å²) < 4.78 is 0. The summed E-state index contributed by atoms with van der Waals surface area (Å²) >= 11 is 0. The fourth-order valence-electron chi connectivity index (χ4n) is 3.12. The normalized spacial score (nSPS) is 28.3. The van der Waals surface area contributed by atoms with Gasteiger partial charge in [-0.2, -0.15) is 0 Å². The van der Waals surface area contributed by atoms with Gasteiger partial charge in [0.2, 0.25) is 0 Å². The van der Waals surface area contributed by atoms with Crippen LogP contribution in [0.15, 0.2) is 72.2 Å². The van der Waals surface area contributed by atoms with Crippen molar-refractivity contribution in [1.82, 2.24) is 10.6 Å². The zero-order valence-corrected chi connectivity index (χ0v) is 14.9. The quantitative estimate of drug-likeness (QED) is 0.581. The molecule has 0 spiro atoms. The minimum absolute atomic E-state index is 0. The Morgan fingerprint density at radius 3 is 1.52 bits per heavy atom. The summed E-state index contributed by atoms with van der Waals surface area (Å²) in [5.74, 6) is 0.0503. The van der Waals surface area contributed by atoms with Crippen molar-refractivity contribution in [3.05, 3.63) is 72.2 Å². The monoisotopic (exact) mass is 380 g/mol. The van der Waals surface area contributed by atoms with E-state index in [1.807, 2.05) is 36.7 Å². The van der Waals surface area contributed by atoms with Gasteiger partial charge in [0, 0.05) is 52.1 Å². The standard InChI is InChI=1S/C20H22N2O2.Ni/c23-19-11-5-1-7-15(19)13-21-17-9-3-4-10-18(17)22-14-16-8-2-6-12-20(16)24;/h1-2,5-8,11-14,17-18,21-22H,3-4,9-10H2;/b15-13-,16-14-;. The molecule has 5 heteroatoms. The van der Waals surface area contributed by atoms with E-state index in [9.17, 15) is 9.59 Å². The van der Waals surface area contributed by atoms with Crippen LogP contribution in [0.3, 0.4) is 0 Å². The summed E-state index contributed by atoms with van der Waals surface area (Å²) in [6.45, 7) is 0. The van der Waals surface area contributed by atoms with Crippen molar-refractivity contribution in [2.75, 3.05) is 0 Å². The van der Waals surface area contributed by atoms with Crippen LogP contribution >= 0.6 is 0 Å². The smallest absolute Gasteiger partial charge is 0.187 e. The van der Waals surface area contributed by atoms with Crippen LogP contribution < -0.4 is 10.6 Å². The first-order valence-electron chi connectivity index (χ1n) is 8.44. The largest absolute Gasteiger partial charge is 0.386 e. The fourth-order valence-corrected chi connectivity index (χ4v) is 3.12. The molecule has 1 saturated carbocycles. The van der Waals surface area contributed by atoms with Gasteiger partial charge in [-0.05, 0) is 37.1 Å². The molecule has 1 fully saturated rings. The first-order chi connectivity index (χ1) is 11.7. The van der Waals surface area contributed by atoms with E-state index in [0.29, 0.717) is 11.1 Å². The number of allylic oxidation sites excluding steroid dienone is 10. The predicted molar refractivity (Wildman–Crippen MR) is 95.1 cm³/mol. The summed E-state index contributed by atoms with van der Waals surface area (Å²) in [6, 6.07) is 0.488. The van der Waals surface area contributed by atoms with E-state index in [1.165, 1.54) is 12.8 Å². The molecule has 0 amide bonds. The van der Waals surface area contributed by atoms with Crippen molar-refractivity contribution < 1.29 is 26.1 Å². The summed E-state index contributed by atoms with van der Waals surface area (Å²) in [6.07, 6.45) is 22.1. The van der Waals surface area contributed by atoms with Crippen LogP contribution in [-0.2, 0) is 26.1 Å². The number of rotatable bonds is 4. The maximum absolute atomic E-state index is 11.8. The molecule has 0 radical (unpaired) electrons. The van der Waals surface area contributed by atoms with Crippen LogP contribution in [0.4, 0.5) is 0 Å². The van der Waals surface area contributed by atoms with Crippen LogP contribution in [0.25, 0.3) is 0 Å². The molecule has 25 heavy (non-hydrogen) atoms. The van der Waals surface area contributed by atoms with Gasteiger partial charge in [0.05, 0.1) is 0 Å². The van der Waals surface area contributed by atoms with Gasteiger partial charge in [0.25, 0.3) is 0 Å². The molecule has 2 N–H and O–H groups in total. The molecule has 0 saturated heterocycles. The average Bonchev–Trinajstić information content (AvgIpc) is 2.61. The molecule has 0 bridgehead atoms. The molecule has 3 rings (SSSR count). The zero-order valence-electron chi connectivity index (χ0n) is 13.9. The summed E-state index contributed by atoms with van der Waals surface area (Å²) in [5.41, 5.74) is 1.35. The summed E-state index contributed by atoms with van der Waals surface area (Å²) in [7, 11) is 0. The molecule has 2 unspecified atom stereocenters. The fraction of sp³-hybridized carbons (Fsp3) is 0.300. The second-order valence-corrected chi connectivity index (χ2v) is 6.20. The number of nitrogens with one attached hydrogen (secondary N) is 2. The Labute approximate surface area is 158 Å². The van der Waals surface area contributed by atoms with Crippen LogP contribution in [0.1, 0.15) is 25.7 Å². The van der Waals surface area contributed by atoms with Crippen molar-refractivity contribution >= 4 is 11.6 Å². The van der Waals surface area contributed by atoms with E-state index >= 15 is 0 Å². The molecule has 0 aromatic carbocycles. The Kier molecular flexibility index (Phi) is 7.21. The molecule has 0 aromatic heterocycles. The minimum Gasteiger partial charge on any atom is -0.386 e. The van der Waals surface area contributed by atoms with Gasteiger partial charge in [-0.25, -0.2) is 0 Å². The summed E-state index contributed by atoms with van der Waals surface area (Å²) in [5, 5.41) is 6.79. The maximum Gasteiger partial charge on any atom is 0.187 e. The van der Waals surface area contributed by atoms with Crippen molar-refractivity contribution in [2.24, 2.45) is 0 Å². The van der Waals surface area contributed by atoms with Gasteiger partial charge in [-0.15, -0.1) is 0 Å². The number of hydrogen-bond acceptors (Lipinski definition) is 4. The summed E-state index contributed by atoms with van der Waals surface area (Å²) in [4.78, 5) is 23.6. The Morgan fingerprint density at radius 1 is 0.720 bits per heavy atom. The Balaban J connectivity index is 0.00000225. The zero-order chi connectivity index (χ0) is 16.8. The van der Waals surface area contributed by atoms with Gasteiger partial charge in [-0.3, -0.25) is 9.59 Å². The molecule has 0 aliphatic heterocycles. The molecular weight excluding hydrogens is 359 g/mol. The molecule has 3 aliphatic rings. The molecule has 134 valence electrons. The molecular formula is C20H22N2NiO2. The van der Waals surface area contributed by atoms with E-state index in [4.69, 9.17) is 0 Å². The number of carbonyl (C=O) groups excluding carboxylic acids is 2. The maximum atomic E-state index is 11.8. The van der Waals surface area contributed by atoms with E-state index in [2.05, 4.69) is 10.6 Å². The third-order valence-electron chi connectivity index (χ3n) is 4.51. The van der Waals surface area contributed by atoms with Crippen LogP contribution in [-0.4, -0.2) is 23.7 Å². The van der Waals surface area contributed by atoms with Crippen molar-refractivity contribution in [3.63, 3.8) is 0 Å². The molecule has 0 aromatic rings. The molecule has 4 nitrogen and oxygen atoms in total. The Morgan fingerprint density at radius 2 is 1.12 bits per heavy atom. The van der Waals surface area contributed by atoms with E-state index in [0.717, 1.165) is 12.8 Å². The van der Waals surface area contributed by atoms with Crippen LogP contribution in [0.5, 0.6) is 0 Å². The van der Waals surface area contributed by atoms with Crippen molar-refractivity contribution in [1.29, 1.82) is 0 Å². The van der Waals surface area contributed by atoms with Gasteiger partial charge in [0.1, 0.15) is 0 Å². The second kappa shape index (κ2) is 9.38. The third kappa shape index (κ3) is 5.17. The van der Waals surface area contributed by atoms with Crippen LogP contribution in [0.2, 0.25) is 0 Å². The first-order valence-corrected chi connectivity index (χ1v) is 8.44. The van der Waals surface area contributed by atoms with E-state index in [-0.39, 0.29) is 40.1 Å². The molecule has 0 heterocycles. The first kappa shape index (κ1) is 19.2. The second-order valence-electron chi connectivity index (χ2n) is 6.20. The van der Waals surface area contributed by atoms with E-state index in [1.54, 1.807) is 24.3 Å². The topological polar surface area (TPSA) is 58.2 Å². The Hall–Kier alpha value is -2.13. The number of ketones is 2. The Bertz CT molecular complexity index is 638. The molecule has 3 aliphatic carbocycles. The molecule has 2 atom stereocenters. The predicted octanol–water partition coefficient (Wildman–Crippen LogP) is 2.63. The van der Waals surface area contributed by atoms with Gasteiger partial charge >= 0.3 is 0 Å². The SMILES string of the molecule is O=C1C=CC=C/C1=C/NC1CCCCC1N/C=C1/C=CC=CC1=O.[Ni].